The normalized spacial score (nSPS) is 8.06. The number of benzene rings is 1. The fourth-order valence-corrected chi connectivity index (χ4v) is 0.856. The zero-order chi connectivity index (χ0) is 12.7. The average Bonchev–Trinajstić information content (AvgIpc) is 2.16. The van der Waals surface area contributed by atoms with Crippen LogP contribution in [0.3, 0.4) is 0 Å². The molecular formula is C10H12CaO6. The number of hydrogen-bond donors (Lipinski definition) is 3. The monoisotopic (exact) mass is 268 g/mol. The Hall–Kier alpha value is -1.11. The van der Waals surface area contributed by atoms with Crippen LogP contribution in [0, 0.1) is 0 Å². The predicted octanol–water partition coefficient (Wildman–Crippen LogP) is 0.258. The predicted molar refractivity (Wildman–Crippen MR) is 62.2 cm³/mol. The fourth-order valence-electron chi connectivity index (χ4n) is 0.856. The first-order valence-corrected chi connectivity index (χ1v) is 4.11. The van der Waals surface area contributed by atoms with Crippen LogP contribution in [0.25, 0.3) is 0 Å². The van der Waals surface area contributed by atoms with Crippen molar-refractivity contribution in [2.75, 3.05) is 0 Å². The Morgan fingerprint density at radius 3 is 1.29 bits per heavy atom. The van der Waals surface area contributed by atoms with Crippen molar-refractivity contribution in [2.24, 2.45) is 0 Å². The Labute approximate surface area is 127 Å². The molecule has 0 bridgehead atoms. The molecule has 6 nitrogen and oxygen atoms in total. The Bertz CT molecular complexity index is 378. The molecule has 0 aliphatic rings. The van der Waals surface area contributed by atoms with Gasteiger partial charge in [-0.3, -0.25) is 4.79 Å². The second-order valence-electron chi connectivity index (χ2n) is 2.67. The van der Waals surface area contributed by atoms with Gasteiger partial charge in [-0.1, -0.05) is 12.1 Å². The number of carbonyl (C=O) groups is 3. The topological polar surface area (TPSA) is 112 Å². The Balaban J connectivity index is 0. The van der Waals surface area contributed by atoms with Crippen LogP contribution in [0.5, 0.6) is 0 Å². The van der Waals surface area contributed by atoms with Crippen molar-refractivity contribution >= 4 is 55.6 Å². The summed E-state index contributed by atoms with van der Waals surface area (Å²) in [4.78, 5) is 29.9. The SMILES string of the molecule is CC(=O)O.O=C(O)c1ccccc1C(=O)O.[CaH2]. The summed E-state index contributed by atoms with van der Waals surface area (Å²) < 4.78 is 0. The molecule has 0 spiro atoms. The van der Waals surface area contributed by atoms with Gasteiger partial charge >= 0.3 is 49.7 Å². The van der Waals surface area contributed by atoms with Gasteiger partial charge < -0.3 is 15.3 Å². The molecule has 0 aliphatic heterocycles. The Morgan fingerprint density at radius 1 is 0.882 bits per heavy atom. The molecule has 1 aromatic carbocycles. The number of hydrogen-bond acceptors (Lipinski definition) is 3. The van der Waals surface area contributed by atoms with Crippen LogP contribution in [0.1, 0.15) is 27.6 Å². The van der Waals surface area contributed by atoms with E-state index in [1.807, 2.05) is 0 Å². The molecule has 17 heavy (non-hydrogen) atoms. The second-order valence-corrected chi connectivity index (χ2v) is 2.67. The molecule has 0 saturated carbocycles. The molecule has 3 N–H and O–H groups in total. The molecule has 90 valence electrons. The van der Waals surface area contributed by atoms with Gasteiger partial charge in [0, 0.05) is 6.92 Å². The molecule has 0 aromatic heterocycles. The fraction of sp³-hybridized carbons (Fsp3) is 0.100. The van der Waals surface area contributed by atoms with Gasteiger partial charge in [0.1, 0.15) is 0 Å². The van der Waals surface area contributed by atoms with Crippen LogP contribution in [-0.2, 0) is 4.79 Å². The van der Waals surface area contributed by atoms with Crippen molar-refractivity contribution in [2.45, 2.75) is 6.92 Å². The van der Waals surface area contributed by atoms with Crippen molar-refractivity contribution in [3.63, 3.8) is 0 Å². The summed E-state index contributed by atoms with van der Waals surface area (Å²) in [5.74, 6) is -3.29. The Kier molecular flexibility index (Phi) is 9.64. The number of carboxylic acids is 3. The standard InChI is InChI=1S/C8H6O4.C2H4O2.Ca.2H/c9-7(10)5-3-1-2-4-6(5)8(11)12;1-2(3)4;;;/h1-4H,(H,9,10)(H,11,12);1H3,(H,3,4);;;. The first-order chi connectivity index (χ1) is 7.36. The maximum absolute atomic E-state index is 10.5. The van der Waals surface area contributed by atoms with Crippen molar-refractivity contribution < 1.29 is 29.7 Å². The molecule has 1 aromatic rings. The quantitative estimate of drug-likeness (QED) is 0.663. The third-order valence-electron chi connectivity index (χ3n) is 1.39. The van der Waals surface area contributed by atoms with Crippen molar-refractivity contribution in [1.82, 2.24) is 0 Å². The van der Waals surface area contributed by atoms with Crippen LogP contribution >= 0.6 is 0 Å². The third-order valence-corrected chi connectivity index (χ3v) is 1.39. The molecule has 0 unspecified atom stereocenters. The summed E-state index contributed by atoms with van der Waals surface area (Å²) in [5, 5.41) is 24.5. The van der Waals surface area contributed by atoms with Gasteiger partial charge in [0.15, 0.2) is 0 Å². The zero-order valence-electron chi connectivity index (χ0n) is 8.38. The van der Waals surface area contributed by atoms with E-state index in [-0.39, 0.29) is 48.9 Å². The zero-order valence-corrected chi connectivity index (χ0v) is 8.38. The molecule has 1 rings (SSSR count). The van der Waals surface area contributed by atoms with Crippen LogP contribution in [0.15, 0.2) is 24.3 Å². The second kappa shape index (κ2) is 8.98. The van der Waals surface area contributed by atoms with Crippen molar-refractivity contribution in [3.8, 4) is 0 Å². The van der Waals surface area contributed by atoms with Crippen LogP contribution in [0.2, 0.25) is 0 Å². The summed E-state index contributed by atoms with van der Waals surface area (Å²) in [7, 11) is 0. The summed E-state index contributed by atoms with van der Waals surface area (Å²) >= 11 is 0. The first kappa shape index (κ1) is 18.3. The van der Waals surface area contributed by atoms with E-state index in [0.29, 0.717) is 0 Å². The van der Waals surface area contributed by atoms with Gasteiger partial charge in [0.05, 0.1) is 11.1 Å². The molecule has 7 heteroatoms. The Morgan fingerprint density at radius 2 is 1.12 bits per heavy atom. The molecule has 0 atom stereocenters. The molecule has 0 heterocycles. The maximum atomic E-state index is 10.5. The number of aliphatic carboxylic acids is 1. The summed E-state index contributed by atoms with van der Waals surface area (Å²) in [6.07, 6.45) is 0. The van der Waals surface area contributed by atoms with Crippen LogP contribution in [-0.4, -0.2) is 71.0 Å². The van der Waals surface area contributed by atoms with E-state index >= 15 is 0 Å². The summed E-state index contributed by atoms with van der Waals surface area (Å²) in [5.41, 5.74) is -0.380. The minimum absolute atomic E-state index is 0. The van der Waals surface area contributed by atoms with E-state index in [1.165, 1.54) is 24.3 Å². The number of carboxylic acid groups (broad SMARTS) is 3. The van der Waals surface area contributed by atoms with Gasteiger partial charge in [0.25, 0.3) is 5.97 Å². The van der Waals surface area contributed by atoms with Gasteiger partial charge in [-0.15, -0.1) is 0 Å². The number of rotatable bonds is 2. The van der Waals surface area contributed by atoms with E-state index in [1.54, 1.807) is 0 Å². The van der Waals surface area contributed by atoms with Gasteiger partial charge in [-0.25, -0.2) is 9.59 Å². The van der Waals surface area contributed by atoms with Crippen molar-refractivity contribution in [3.05, 3.63) is 35.4 Å². The van der Waals surface area contributed by atoms with E-state index in [2.05, 4.69) is 0 Å². The summed E-state index contributed by atoms with van der Waals surface area (Å²) in [6.45, 7) is 1.08. The average molecular weight is 268 g/mol. The van der Waals surface area contributed by atoms with E-state index in [9.17, 15) is 9.59 Å². The molecule has 0 radical (unpaired) electrons. The number of aromatic carboxylic acids is 2. The molecule has 0 fully saturated rings. The van der Waals surface area contributed by atoms with Gasteiger partial charge in [0.2, 0.25) is 0 Å². The van der Waals surface area contributed by atoms with E-state index in [0.717, 1.165) is 6.92 Å². The van der Waals surface area contributed by atoms with E-state index in [4.69, 9.17) is 20.1 Å². The van der Waals surface area contributed by atoms with Crippen LogP contribution < -0.4 is 0 Å². The summed E-state index contributed by atoms with van der Waals surface area (Å²) in [6, 6.07) is 5.48. The first-order valence-electron chi connectivity index (χ1n) is 4.11. The minimum atomic E-state index is -1.23. The van der Waals surface area contributed by atoms with Gasteiger partial charge in [-0.05, 0) is 12.1 Å². The molecule has 0 saturated heterocycles. The third kappa shape index (κ3) is 7.73. The van der Waals surface area contributed by atoms with E-state index < -0.39 is 17.9 Å². The molecular weight excluding hydrogens is 256 g/mol. The van der Waals surface area contributed by atoms with Crippen LogP contribution in [0.4, 0.5) is 0 Å². The van der Waals surface area contributed by atoms with Gasteiger partial charge in [-0.2, -0.15) is 0 Å². The molecule has 0 aliphatic carbocycles. The molecule has 0 amide bonds. The van der Waals surface area contributed by atoms with Crippen molar-refractivity contribution in [1.29, 1.82) is 0 Å².